The SMILES string of the molecule is CC(C)(C)CCN=C(N)C(C(=O)c1ccc(-c2cnccn2)cc1)[C@H](COC(=O)NC1(C(F)(F)F)CC1)c1ccc(Cl)c(-c2ncn[nH]2)c1. The second-order valence-corrected chi connectivity index (χ2v) is 13.5. The van der Waals surface area contributed by atoms with E-state index in [1.165, 1.54) is 6.33 Å². The second-order valence-electron chi connectivity index (χ2n) is 13.1. The van der Waals surface area contributed by atoms with Gasteiger partial charge in [0, 0.05) is 41.5 Å². The predicted molar refractivity (Wildman–Crippen MR) is 178 cm³/mol. The van der Waals surface area contributed by atoms with E-state index in [9.17, 15) is 22.8 Å². The number of amidine groups is 1. The molecule has 4 N–H and O–H groups in total. The molecule has 5 rings (SSSR count). The predicted octanol–water partition coefficient (Wildman–Crippen LogP) is 6.78. The van der Waals surface area contributed by atoms with Crippen molar-refractivity contribution in [3.63, 3.8) is 0 Å². The van der Waals surface area contributed by atoms with Crippen LogP contribution in [0.5, 0.6) is 0 Å². The van der Waals surface area contributed by atoms with Crippen molar-refractivity contribution in [2.45, 2.75) is 57.7 Å². The normalized spacial score (nSPS) is 15.7. The Morgan fingerprint density at radius 1 is 1.10 bits per heavy atom. The van der Waals surface area contributed by atoms with Crippen molar-refractivity contribution in [3.8, 4) is 22.6 Å². The average molecular weight is 697 g/mol. The van der Waals surface area contributed by atoms with Crippen LogP contribution in [-0.4, -0.2) is 67.7 Å². The molecule has 2 heterocycles. The summed E-state index contributed by atoms with van der Waals surface area (Å²) in [5.41, 5.74) is 6.69. The number of alkyl carbamates (subject to hydrolysis) is 1. The number of alkyl halides is 3. The summed E-state index contributed by atoms with van der Waals surface area (Å²) in [5.74, 6) is -2.33. The number of aromatic nitrogens is 5. The molecule has 1 amide bonds. The van der Waals surface area contributed by atoms with Gasteiger partial charge >= 0.3 is 12.3 Å². The summed E-state index contributed by atoms with van der Waals surface area (Å²) in [7, 11) is 0. The standard InChI is InChI=1S/C34H36ClF3N8O3/c1-32(2,3)12-13-42-29(39)27(28(47)21-6-4-20(5-7-21)26-17-40-14-15-41-26)24(18-49-31(48)45-33(10-11-33)34(36,37)38)22-8-9-25(35)23(16-22)30-43-19-44-46-30/h4-9,14-17,19,24,27H,10-13,18H2,1-3H3,(H2,39,42)(H,45,48)(H,43,44,46)/t24-,27?/m1/s1. The third-order valence-corrected chi connectivity index (χ3v) is 8.63. The average Bonchev–Trinajstić information content (AvgIpc) is 3.65. The van der Waals surface area contributed by atoms with Crippen LogP contribution in [-0.2, 0) is 4.74 Å². The molecule has 258 valence electrons. The Labute approximate surface area is 286 Å². The number of halogens is 4. The van der Waals surface area contributed by atoms with Crippen molar-refractivity contribution < 1.29 is 27.5 Å². The van der Waals surface area contributed by atoms with Crippen LogP contribution >= 0.6 is 11.6 Å². The number of aliphatic imine (C=N–C) groups is 1. The fourth-order valence-electron chi connectivity index (χ4n) is 5.25. The molecule has 4 aromatic rings. The molecule has 2 aromatic heterocycles. The fourth-order valence-corrected chi connectivity index (χ4v) is 5.46. The Kier molecular flexibility index (Phi) is 10.4. The number of nitrogens with two attached hydrogens (primary N) is 1. The van der Waals surface area contributed by atoms with E-state index < -0.39 is 42.0 Å². The van der Waals surface area contributed by atoms with Crippen LogP contribution < -0.4 is 11.1 Å². The Morgan fingerprint density at radius 2 is 1.84 bits per heavy atom. The topological polar surface area (TPSA) is 161 Å². The number of rotatable bonds is 12. The summed E-state index contributed by atoms with van der Waals surface area (Å²) >= 11 is 6.50. The minimum Gasteiger partial charge on any atom is -0.449 e. The van der Waals surface area contributed by atoms with Crippen molar-refractivity contribution in [2.75, 3.05) is 13.2 Å². The van der Waals surface area contributed by atoms with Crippen molar-refractivity contribution >= 4 is 29.3 Å². The number of carbonyl (C=O) groups excluding carboxylic acids is 2. The van der Waals surface area contributed by atoms with Gasteiger partial charge in [0.05, 0.1) is 22.8 Å². The van der Waals surface area contributed by atoms with Gasteiger partial charge < -0.3 is 15.8 Å². The number of H-pyrrole nitrogens is 1. The van der Waals surface area contributed by atoms with Crippen LogP contribution in [0.4, 0.5) is 18.0 Å². The number of ketones is 1. The lowest BCUT2D eigenvalue weighted by molar-refractivity contribution is -0.164. The number of hydrogen-bond acceptors (Lipinski definition) is 8. The van der Waals surface area contributed by atoms with E-state index in [0.29, 0.717) is 40.6 Å². The van der Waals surface area contributed by atoms with Crippen LogP contribution in [0.15, 0.2) is 72.4 Å². The molecular formula is C34H36ClF3N8O3. The van der Waals surface area contributed by atoms with Gasteiger partial charge in [-0.05, 0) is 42.4 Å². The molecular weight excluding hydrogens is 661 g/mol. The number of aromatic amines is 1. The van der Waals surface area contributed by atoms with Gasteiger partial charge in [-0.2, -0.15) is 18.3 Å². The first-order chi connectivity index (χ1) is 23.2. The number of nitrogens with zero attached hydrogens (tertiary/aromatic N) is 5. The first-order valence-corrected chi connectivity index (χ1v) is 15.9. The summed E-state index contributed by atoms with van der Waals surface area (Å²) in [4.78, 5) is 44.4. The molecule has 2 aromatic carbocycles. The number of Topliss-reactive ketones (excluding diaryl/α,β-unsaturated/α-hetero) is 1. The minimum absolute atomic E-state index is 0.0219. The maximum atomic E-state index is 14.5. The molecule has 1 saturated carbocycles. The van der Waals surface area contributed by atoms with E-state index in [1.807, 2.05) is 26.1 Å². The molecule has 0 bridgehead atoms. The monoisotopic (exact) mass is 696 g/mol. The molecule has 49 heavy (non-hydrogen) atoms. The van der Waals surface area contributed by atoms with Crippen molar-refractivity contribution in [3.05, 3.63) is 83.5 Å². The van der Waals surface area contributed by atoms with Gasteiger partial charge in [0.2, 0.25) is 0 Å². The van der Waals surface area contributed by atoms with Gasteiger partial charge in [-0.25, -0.2) is 9.78 Å². The lowest BCUT2D eigenvalue weighted by Crippen LogP contribution is -2.48. The highest BCUT2D eigenvalue weighted by Gasteiger charge is 2.64. The lowest BCUT2D eigenvalue weighted by Gasteiger charge is -2.28. The van der Waals surface area contributed by atoms with E-state index in [2.05, 4.69) is 30.1 Å². The van der Waals surface area contributed by atoms with Gasteiger partial charge in [-0.15, -0.1) is 0 Å². The van der Waals surface area contributed by atoms with E-state index in [1.54, 1.807) is 61.1 Å². The smallest absolute Gasteiger partial charge is 0.411 e. The quantitative estimate of drug-likeness (QED) is 0.0830. The van der Waals surface area contributed by atoms with Crippen LogP contribution in [0.2, 0.25) is 5.02 Å². The number of benzene rings is 2. The first-order valence-electron chi connectivity index (χ1n) is 15.5. The summed E-state index contributed by atoms with van der Waals surface area (Å²) < 4.78 is 46.3. The molecule has 1 fully saturated rings. The number of nitrogens with one attached hydrogen (secondary N) is 2. The number of amides is 1. The van der Waals surface area contributed by atoms with E-state index in [-0.39, 0.29) is 29.7 Å². The van der Waals surface area contributed by atoms with Crippen LogP contribution in [0.1, 0.15) is 61.9 Å². The number of hydrogen-bond donors (Lipinski definition) is 3. The van der Waals surface area contributed by atoms with Crippen LogP contribution in [0, 0.1) is 11.3 Å². The van der Waals surface area contributed by atoms with Gasteiger partial charge in [-0.3, -0.25) is 24.9 Å². The molecule has 15 heteroatoms. The third-order valence-electron chi connectivity index (χ3n) is 8.30. The maximum absolute atomic E-state index is 14.5. The van der Waals surface area contributed by atoms with E-state index >= 15 is 0 Å². The minimum atomic E-state index is -4.65. The van der Waals surface area contributed by atoms with Crippen molar-refractivity contribution in [1.29, 1.82) is 0 Å². The second kappa shape index (κ2) is 14.3. The summed E-state index contributed by atoms with van der Waals surface area (Å²) in [6, 6.07) is 11.5. The molecule has 0 spiro atoms. The third kappa shape index (κ3) is 8.60. The van der Waals surface area contributed by atoms with Crippen LogP contribution in [0.25, 0.3) is 22.6 Å². The molecule has 0 aliphatic heterocycles. The van der Waals surface area contributed by atoms with Crippen molar-refractivity contribution in [1.82, 2.24) is 30.5 Å². The van der Waals surface area contributed by atoms with E-state index in [0.717, 1.165) is 5.56 Å². The zero-order valence-corrected chi connectivity index (χ0v) is 27.8. The lowest BCUT2D eigenvalue weighted by atomic mass is 9.80. The summed E-state index contributed by atoms with van der Waals surface area (Å²) in [6.45, 7) is 5.92. The Morgan fingerprint density at radius 3 is 2.43 bits per heavy atom. The maximum Gasteiger partial charge on any atom is 0.411 e. The van der Waals surface area contributed by atoms with Gasteiger partial charge in [0.15, 0.2) is 11.6 Å². The Bertz CT molecular complexity index is 1790. The van der Waals surface area contributed by atoms with Crippen molar-refractivity contribution in [2.24, 2.45) is 22.1 Å². The van der Waals surface area contributed by atoms with Gasteiger partial charge in [-0.1, -0.05) is 62.7 Å². The first kappa shape index (κ1) is 35.5. The summed E-state index contributed by atoms with van der Waals surface area (Å²) in [5, 5.41) is 8.91. The van der Waals surface area contributed by atoms with E-state index in [4.69, 9.17) is 22.1 Å². The molecule has 1 aliphatic rings. The summed E-state index contributed by atoms with van der Waals surface area (Å²) in [6.07, 6.45) is 0.218. The molecule has 0 radical (unpaired) electrons. The Balaban J connectivity index is 1.54. The molecule has 0 saturated heterocycles. The molecule has 2 atom stereocenters. The largest absolute Gasteiger partial charge is 0.449 e. The zero-order valence-electron chi connectivity index (χ0n) is 27.1. The molecule has 1 aliphatic carbocycles. The highest BCUT2D eigenvalue weighted by Crippen LogP contribution is 2.49. The molecule has 1 unspecified atom stereocenters. The highest BCUT2D eigenvalue weighted by atomic mass is 35.5. The van der Waals surface area contributed by atoms with Gasteiger partial charge in [0.1, 0.15) is 24.3 Å². The highest BCUT2D eigenvalue weighted by molar-refractivity contribution is 6.33. The zero-order chi connectivity index (χ0) is 35.4. The Hall–Kier alpha value is -4.85. The number of ether oxygens (including phenoxy) is 1. The van der Waals surface area contributed by atoms with Crippen LogP contribution in [0.3, 0.4) is 0 Å². The number of carbonyl (C=O) groups is 2. The van der Waals surface area contributed by atoms with Gasteiger partial charge in [0.25, 0.3) is 0 Å². The fraction of sp³-hybridized carbons (Fsp3) is 0.382. The molecule has 11 nitrogen and oxygen atoms in total.